The van der Waals surface area contributed by atoms with Crippen molar-refractivity contribution in [3.05, 3.63) is 81.0 Å². The fourth-order valence-corrected chi connectivity index (χ4v) is 5.11. The number of hydrogen-bond acceptors (Lipinski definition) is 5. The van der Waals surface area contributed by atoms with E-state index in [0.717, 1.165) is 54.6 Å². The van der Waals surface area contributed by atoms with Crippen LogP contribution >= 0.6 is 11.3 Å². The Hall–Kier alpha value is -2.83. The molecule has 4 rings (SSSR count). The summed E-state index contributed by atoms with van der Waals surface area (Å²) in [7, 11) is 0. The number of hydrogen-bond donors (Lipinski definition) is 1. The molecule has 2 heterocycles. The number of carbonyl (C=O) groups excluding carboxylic acids is 1. The largest absolute Gasteiger partial charge is 0.494 e. The maximum atomic E-state index is 12.1. The molecule has 1 amide bonds. The lowest BCUT2D eigenvalue weighted by molar-refractivity contribution is 0.0955. The summed E-state index contributed by atoms with van der Waals surface area (Å²) in [6, 6.07) is 18.8. The lowest BCUT2D eigenvalue weighted by atomic mass is 10.1. The van der Waals surface area contributed by atoms with Gasteiger partial charge in [-0.1, -0.05) is 24.3 Å². The van der Waals surface area contributed by atoms with E-state index in [4.69, 9.17) is 4.74 Å². The normalized spacial score (nSPS) is 14.3. The van der Waals surface area contributed by atoms with Crippen LogP contribution in [0.15, 0.2) is 54.6 Å². The van der Waals surface area contributed by atoms with Gasteiger partial charge in [-0.25, -0.2) is 0 Å². The van der Waals surface area contributed by atoms with Gasteiger partial charge < -0.3 is 15.0 Å². The lowest BCUT2D eigenvalue weighted by Crippen LogP contribution is -2.46. The predicted molar refractivity (Wildman–Crippen MR) is 141 cm³/mol. The molecule has 3 aromatic rings. The third-order valence-electron chi connectivity index (χ3n) is 6.43. The summed E-state index contributed by atoms with van der Waals surface area (Å²) in [5, 5.41) is 2.97. The molecule has 0 aliphatic carbocycles. The number of ether oxygens (including phenoxy) is 1. The van der Waals surface area contributed by atoms with Crippen molar-refractivity contribution in [1.29, 1.82) is 0 Å². The van der Waals surface area contributed by atoms with Gasteiger partial charge in [0.25, 0.3) is 5.91 Å². The summed E-state index contributed by atoms with van der Waals surface area (Å²) < 4.78 is 5.95. The highest BCUT2D eigenvalue weighted by atomic mass is 32.1. The van der Waals surface area contributed by atoms with Gasteiger partial charge in [0, 0.05) is 49.8 Å². The molecule has 0 bridgehead atoms. The van der Waals surface area contributed by atoms with E-state index in [0.29, 0.717) is 13.2 Å². The summed E-state index contributed by atoms with van der Waals surface area (Å²) in [6.45, 7) is 12.8. The molecule has 0 spiro atoms. The number of rotatable bonds is 9. The Morgan fingerprint density at radius 1 is 1.00 bits per heavy atom. The second-order valence-electron chi connectivity index (χ2n) is 9.00. The minimum Gasteiger partial charge on any atom is -0.494 e. The molecule has 1 saturated heterocycles. The Labute approximate surface area is 207 Å². The molecule has 180 valence electrons. The molecule has 0 saturated carbocycles. The first-order valence-electron chi connectivity index (χ1n) is 12.1. The Bertz CT molecular complexity index is 1100. The number of nitrogens with zero attached hydrogens (tertiary/aromatic N) is 2. The highest BCUT2D eigenvalue weighted by Crippen LogP contribution is 2.24. The summed E-state index contributed by atoms with van der Waals surface area (Å²) in [6.07, 6.45) is 0.778. The van der Waals surface area contributed by atoms with Gasteiger partial charge in [-0.3, -0.25) is 9.69 Å². The van der Waals surface area contributed by atoms with E-state index >= 15 is 0 Å². The fourth-order valence-electron chi connectivity index (χ4n) is 4.32. The van der Waals surface area contributed by atoms with Crippen molar-refractivity contribution < 1.29 is 9.53 Å². The van der Waals surface area contributed by atoms with Crippen LogP contribution in [0.4, 0.5) is 5.69 Å². The van der Waals surface area contributed by atoms with Crippen LogP contribution in [0.25, 0.3) is 0 Å². The second kappa shape index (κ2) is 11.5. The standard InChI is InChI=1S/C28H35N3O2S/c1-21-7-4-10-26(23(21)3)31-16-14-30(15-17-31)20-24-8-5-9-25(19-24)33-18-6-13-29-28(32)27-12-11-22(2)34-27/h4-5,7-12,19H,6,13-18,20H2,1-3H3,(H,29,32). The molecule has 6 heteroatoms. The Balaban J connectivity index is 1.19. The zero-order valence-electron chi connectivity index (χ0n) is 20.5. The van der Waals surface area contributed by atoms with Crippen molar-refractivity contribution >= 4 is 22.9 Å². The van der Waals surface area contributed by atoms with Crippen molar-refractivity contribution in [3.63, 3.8) is 0 Å². The van der Waals surface area contributed by atoms with Crippen LogP contribution in [0, 0.1) is 20.8 Å². The molecule has 1 N–H and O–H groups in total. The zero-order valence-corrected chi connectivity index (χ0v) is 21.3. The molecule has 0 radical (unpaired) electrons. The van der Waals surface area contributed by atoms with Crippen molar-refractivity contribution in [2.75, 3.05) is 44.2 Å². The predicted octanol–water partition coefficient (Wildman–Crippen LogP) is 5.19. The van der Waals surface area contributed by atoms with E-state index in [2.05, 4.69) is 65.4 Å². The molecule has 1 aliphatic rings. The van der Waals surface area contributed by atoms with E-state index in [-0.39, 0.29) is 5.91 Å². The van der Waals surface area contributed by atoms with Gasteiger partial charge in [0.2, 0.25) is 0 Å². The van der Waals surface area contributed by atoms with Gasteiger partial charge in [0.15, 0.2) is 0 Å². The fraction of sp³-hybridized carbons (Fsp3) is 0.393. The number of anilines is 1. The summed E-state index contributed by atoms with van der Waals surface area (Å²) in [5.74, 6) is 0.893. The van der Waals surface area contributed by atoms with Crippen LogP contribution in [0.2, 0.25) is 0 Å². The average molecular weight is 478 g/mol. The molecule has 5 nitrogen and oxygen atoms in total. The van der Waals surface area contributed by atoms with Gasteiger partial charge in [-0.2, -0.15) is 0 Å². The van der Waals surface area contributed by atoms with Crippen LogP contribution < -0.4 is 15.0 Å². The third kappa shape index (κ3) is 6.39. The van der Waals surface area contributed by atoms with E-state index in [1.165, 1.54) is 33.7 Å². The Morgan fingerprint density at radius 3 is 2.56 bits per heavy atom. The maximum absolute atomic E-state index is 12.1. The molecule has 0 unspecified atom stereocenters. The van der Waals surface area contributed by atoms with Crippen molar-refractivity contribution in [3.8, 4) is 5.75 Å². The van der Waals surface area contributed by atoms with Crippen LogP contribution in [0.1, 0.15) is 37.7 Å². The van der Waals surface area contributed by atoms with Crippen molar-refractivity contribution in [1.82, 2.24) is 10.2 Å². The molecule has 0 atom stereocenters. The van der Waals surface area contributed by atoms with E-state index < -0.39 is 0 Å². The number of aryl methyl sites for hydroxylation is 2. The summed E-state index contributed by atoms with van der Waals surface area (Å²) >= 11 is 1.52. The SMILES string of the molecule is Cc1ccc(C(=O)NCCCOc2cccc(CN3CCN(c4cccc(C)c4C)CC3)c2)s1. The molecule has 34 heavy (non-hydrogen) atoms. The number of piperazine rings is 1. The van der Waals surface area contributed by atoms with Gasteiger partial charge in [-0.05, 0) is 74.2 Å². The molecular weight excluding hydrogens is 442 g/mol. The first kappa shape index (κ1) is 24.3. The van der Waals surface area contributed by atoms with E-state index in [1.807, 2.05) is 25.1 Å². The highest BCUT2D eigenvalue weighted by Gasteiger charge is 2.19. The number of carbonyl (C=O) groups is 1. The van der Waals surface area contributed by atoms with Crippen molar-refractivity contribution in [2.45, 2.75) is 33.7 Å². The number of benzene rings is 2. The number of thiophene rings is 1. The topological polar surface area (TPSA) is 44.8 Å². The maximum Gasteiger partial charge on any atom is 0.261 e. The average Bonchev–Trinajstić information content (AvgIpc) is 3.28. The molecule has 1 aliphatic heterocycles. The minimum absolute atomic E-state index is 0.00208. The highest BCUT2D eigenvalue weighted by molar-refractivity contribution is 7.13. The monoisotopic (exact) mass is 477 g/mol. The van der Waals surface area contributed by atoms with Gasteiger partial charge in [0.1, 0.15) is 5.75 Å². The van der Waals surface area contributed by atoms with E-state index in [1.54, 1.807) is 0 Å². The van der Waals surface area contributed by atoms with Crippen molar-refractivity contribution in [2.24, 2.45) is 0 Å². The lowest BCUT2D eigenvalue weighted by Gasteiger charge is -2.37. The quantitative estimate of drug-likeness (QED) is 0.431. The molecule has 1 fully saturated rings. The molecule has 2 aromatic carbocycles. The van der Waals surface area contributed by atoms with Crippen LogP contribution in [0.3, 0.4) is 0 Å². The van der Waals surface area contributed by atoms with Gasteiger partial charge >= 0.3 is 0 Å². The first-order valence-corrected chi connectivity index (χ1v) is 12.9. The Morgan fingerprint density at radius 2 is 1.79 bits per heavy atom. The van der Waals surface area contributed by atoms with Gasteiger partial charge in [0.05, 0.1) is 11.5 Å². The third-order valence-corrected chi connectivity index (χ3v) is 7.43. The summed E-state index contributed by atoms with van der Waals surface area (Å²) in [5.41, 5.74) is 5.40. The van der Waals surface area contributed by atoms with Crippen LogP contribution in [-0.2, 0) is 6.54 Å². The smallest absolute Gasteiger partial charge is 0.261 e. The second-order valence-corrected chi connectivity index (χ2v) is 10.3. The van der Waals surface area contributed by atoms with E-state index in [9.17, 15) is 4.79 Å². The molecular formula is C28H35N3O2S. The minimum atomic E-state index is -0.00208. The zero-order chi connectivity index (χ0) is 23.9. The number of amides is 1. The first-order chi connectivity index (χ1) is 16.5. The summed E-state index contributed by atoms with van der Waals surface area (Å²) in [4.78, 5) is 19.0. The Kier molecular flexibility index (Phi) is 8.25. The molecule has 1 aromatic heterocycles. The number of nitrogens with one attached hydrogen (secondary N) is 1. The van der Waals surface area contributed by atoms with Gasteiger partial charge in [-0.15, -0.1) is 11.3 Å². The van der Waals surface area contributed by atoms with Crippen LogP contribution in [-0.4, -0.2) is 50.1 Å². The van der Waals surface area contributed by atoms with Crippen LogP contribution in [0.5, 0.6) is 5.75 Å².